The maximum atomic E-state index is 5.26. The summed E-state index contributed by atoms with van der Waals surface area (Å²) in [5.41, 5.74) is 11.8. The zero-order valence-corrected chi connectivity index (χ0v) is 12.3. The molecule has 4 nitrogen and oxygen atoms in total. The molecule has 2 rings (SSSR count). The highest BCUT2D eigenvalue weighted by Gasteiger charge is 2.14. The van der Waals surface area contributed by atoms with E-state index in [0.717, 1.165) is 12.8 Å². The lowest BCUT2D eigenvalue weighted by Crippen LogP contribution is -2.23. The van der Waals surface area contributed by atoms with E-state index < -0.39 is 0 Å². The Hall–Kier alpha value is -0.370. The molecule has 0 bridgehead atoms. The molecule has 1 heterocycles. The van der Waals surface area contributed by atoms with Crippen LogP contribution in [-0.2, 0) is 19.3 Å². The van der Waals surface area contributed by atoms with Crippen LogP contribution in [0.2, 0.25) is 0 Å². The molecular weight excluding hydrogens is 335 g/mol. The number of aryl methyl sites for hydroxylation is 2. The van der Waals surface area contributed by atoms with Crippen LogP contribution >= 0.6 is 35.3 Å². The van der Waals surface area contributed by atoms with Crippen molar-refractivity contribution in [3.8, 4) is 0 Å². The molecule has 0 saturated carbocycles. The van der Waals surface area contributed by atoms with Crippen molar-refractivity contribution in [2.45, 2.75) is 32.1 Å². The number of fused-ring (bicyclic) bond motifs is 1. The van der Waals surface area contributed by atoms with Gasteiger partial charge in [0.15, 0.2) is 5.96 Å². The highest BCUT2D eigenvalue weighted by atomic mass is 127. The maximum Gasteiger partial charge on any atom is 0.185 e. The normalized spacial score (nSPS) is 13.8. The van der Waals surface area contributed by atoms with Crippen molar-refractivity contribution >= 4 is 41.3 Å². The summed E-state index contributed by atoms with van der Waals surface area (Å²) in [7, 11) is 0. The van der Waals surface area contributed by atoms with Crippen molar-refractivity contribution in [2.75, 3.05) is 6.54 Å². The van der Waals surface area contributed by atoms with Gasteiger partial charge in [0.05, 0.1) is 10.7 Å². The predicted octanol–water partition coefficient (Wildman–Crippen LogP) is 1.46. The van der Waals surface area contributed by atoms with E-state index in [4.69, 9.17) is 11.5 Å². The number of nitrogens with two attached hydrogens (primary N) is 2. The van der Waals surface area contributed by atoms with E-state index in [-0.39, 0.29) is 29.9 Å². The van der Waals surface area contributed by atoms with E-state index in [2.05, 4.69) is 9.98 Å². The molecule has 0 aliphatic heterocycles. The maximum absolute atomic E-state index is 5.26. The SMILES string of the molecule is I.NC(N)=NCCc1nc2c(s1)CCCC2. The third kappa shape index (κ3) is 3.58. The first-order valence-corrected chi connectivity index (χ1v) is 6.10. The number of aliphatic imine (C=N–C) groups is 1. The topological polar surface area (TPSA) is 77.3 Å². The summed E-state index contributed by atoms with van der Waals surface area (Å²) in [6, 6.07) is 0. The lowest BCUT2D eigenvalue weighted by Gasteiger charge is -2.06. The van der Waals surface area contributed by atoms with E-state index in [1.807, 2.05) is 11.3 Å². The Morgan fingerprint density at radius 1 is 1.31 bits per heavy atom. The Morgan fingerprint density at radius 2 is 2.06 bits per heavy atom. The number of thiazole rings is 1. The van der Waals surface area contributed by atoms with Gasteiger partial charge in [0.25, 0.3) is 0 Å². The molecular formula is C10H17IN4S. The van der Waals surface area contributed by atoms with Crippen LogP contribution < -0.4 is 11.5 Å². The monoisotopic (exact) mass is 352 g/mol. The quantitative estimate of drug-likeness (QED) is 0.491. The molecule has 1 aromatic rings. The minimum Gasteiger partial charge on any atom is -0.370 e. The molecule has 16 heavy (non-hydrogen) atoms. The van der Waals surface area contributed by atoms with Crippen LogP contribution in [0.15, 0.2) is 4.99 Å². The molecule has 1 aliphatic carbocycles. The molecule has 0 unspecified atom stereocenters. The first-order chi connectivity index (χ1) is 7.25. The van der Waals surface area contributed by atoms with Crippen LogP contribution in [0.1, 0.15) is 28.4 Å². The summed E-state index contributed by atoms with van der Waals surface area (Å²) in [4.78, 5) is 10.1. The molecule has 0 atom stereocenters. The minimum absolute atomic E-state index is 0. The second kappa shape index (κ2) is 6.39. The zero-order chi connectivity index (χ0) is 10.7. The number of halogens is 1. The third-order valence-corrected chi connectivity index (χ3v) is 3.73. The average molecular weight is 352 g/mol. The second-order valence-electron chi connectivity index (χ2n) is 3.74. The predicted molar refractivity (Wildman–Crippen MR) is 78.6 cm³/mol. The molecule has 1 aromatic heterocycles. The largest absolute Gasteiger partial charge is 0.370 e. The number of hydrogen-bond acceptors (Lipinski definition) is 3. The number of guanidine groups is 1. The Kier molecular flexibility index (Phi) is 5.47. The van der Waals surface area contributed by atoms with Gasteiger partial charge in [-0.3, -0.25) is 4.99 Å². The fourth-order valence-electron chi connectivity index (χ4n) is 1.79. The van der Waals surface area contributed by atoms with Gasteiger partial charge < -0.3 is 11.5 Å². The van der Waals surface area contributed by atoms with Gasteiger partial charge in [-0.25, -0.2) is 4.98 Å². The van der Waals surface area contributed by atoms with E-state index >= 15 is 0 Å². The fraction of sp³-hybridized carbons (Fsp3) is 0.600. The van der Waals surface area contributed by atoms with Crippen molar-refractivity contribution in [2.24, 2.45) is 16.5 Å². The Balaban J connectivity index is 0.00000128. The fourth-order valence-corrected chi connectivity index (χ4v) is 2.94. The lowest BCUT2D eigenvalue weighted by molar-refractivity contribution is 0.680. The number of hydrogen-bond donors (Lipinski definition) is 2. The lowest BCUT2D eigenvalue weighted by atomic mass is 10.0. The summed E-state index contributed by atoms with van der Waals surface area (Å²) in [5.74, 6) is 0.163. The Labute approximate surface area is 117 Å². The molecule has 4 N–H and O–H groups in total. The molecule has 0 aromatic carbocycles. The zero-order valence-electron chi connectivity index (χ0n) is 9.11. The average Bonchev–Trinajstić information content (AvgIpc) is 2.59. The summed E-state index contributed by atoms with van der Waals surface area (Å²) in [6.07, 6.45) is 5.80. The number of nitrogens with zero attached hydrogens (tertiary/aromatic N) is 2. The van der Waals surface area contributed by atoms with E-state index in [1.54, 1.807) is 0 Å². The standard InChI is InChI=1S/C10H16N4S.HI/c11-10(12)13-6-5-9-14-7-3-1-2-4-8(7)15-9;/h1-6H2,(H4,11,12,13);1H. The third-order valence-electron chi connectivity index (χ3n) is 2.51. The van der Waals surface area contributed by atoms with Gasteiger partial charge in [-0.2, -0.15) is 0 Å². The molecule has 6 heteroatoms. The molecule has 0 spiro atoms. The van der Waals surface area contributed by atoms with Gasteiger partial charge in [-0.15, -0.1) is 35.3 Å². The highest BCUT2D eigenvalue weighted by Crippen LogP contribution is 2.26. The minimum atomic E-state index is 0. The van der Waals surface area contributed by atoms with Crippen LogP contribution in [0.4, 0.5) is 0 Å². The van der Waals surface area contributed by atoms with Gasteiger partial charge in [0.2, 0.25) is 0 Å². The van der Waals surface area contributed by atoms with Crippen molar-refractivity contribution in [1.29, 1.82) is 0 Å². The number of aromatic nitrogens is 1. The molecule has 90 valence electrons. The van der Waals surface area contributed by atoms with Gasteiger partial charge in [-0.1, -0.05) is 0 Å². The van der Waals surface area contributed by atoms with Crippen molar-refractivity contribution in [3.63, 3.8) is 0 Å². The van der Waals surface area contributed by atoms with E-state index in [1.165, 1.54) is 34.8 Å². The van der Waals surface area contributed by atoms with Crippen LogP contribution in [0.25, 0.3) is 0 Å². The highest BCUT2D eigenvalue weighted by molar-refractivity contribution is 14.0. The molecule has 0 amide bonds. The van der Waals surface area contributed by atoms with Gasteiger partial charge in [-0.05, 0) is 25.7 Å². The van der Waals surface area contributed by atoms with Gasteiger partial charge in [0.1, 0.15) is 0 Å². The van der Waals surface area contributed by atoms with E-state index in [9.17, 15) is 0 Å². The van der Waals surface area contributed by atoms with Crippen LogP contribution in [0.3, 0.4) is 0 Å². The summed E-state index contributed by atoms with van der Waals surface area (Å²) < 4.78 is 0. The molecule has 1 aliphatic rings. The van der Waals surface area contributed by atoms with Crippen LogP contribution in [0, 0.1) is 0 Å². The van der Waals surface area contributed by atoms with Crippen LogP contribution in [0.5, 0.6) is 0 Å². The Bertz CT molecular complexity index is 347. The summed E-state index contributed by atoms with van der Waals surface area (Å²) in [6.45, 7) is 0.648. The molecule has 0 radical (unpaired) electrons. The van der Waals surface area contributed by atoms with Crippen molar-refractivity contribution < 1.29 is 0 Å². The smallest absolute Gasteiger partial charge is 0.185 e. The summed E-state index contributed by atoms with van der Waals surface area (Å²) >= 11 is 1.82. The van der Waals surface area contributed by atoms with Crippen molar-refractivity contribution in [3.05, 3.63) is 15.6 Å². The molecule has 0 fully saturated rings. The second-order valence-corrected chi connectivity index (χ2v) is 4.91. The first kappa shape index (κ1) is 13.7. The number of rotatable bonds is 3. The Morgan fingerprint density at radius 3 is 2.75 bits per heavy atom. The molecule has 0 saturated heterocycles. The summed E-state index contributed by atoms with van der Waals surface area (Å²) in [5, 5.41) is 1.17. The van der Waals surface area contributed by atoms with Gasteiger partial charge in [0, 0.05) is 17.8 Å². The van der Waals surface area contributed by atoms with Gasteiger partial charge >= 0.3 is 0 Å². The van der Waals surface area contributed by atoms with Crippen LogP contribution in [-0.4, -0.2) is 17.5 Å². The van der Waals surface area contributed by atoms with E-state index in [0.29, 0.717) is 6.54 Å². The first-order valence-electron chi connectivity index (χ1n) is 5.28. The van der Waals surface area contributed by atoms with Crippen molar-refractivity contribution in [1.82, 2.24) is 4.98 Å².